The molecule has 2 aromatic carbocycles. The van der Waals surface area contributed by atoms with Crippen molar-refractivity contribution in [3.05, 3.63) is 76.9 Å². The average molecular weight is 375 g/mol. The van der Waals surface area contributed by atoms with Crippen LogP contribution < -0.4 is 10.1 Å². The molecule has 27 heavy (non-hydrogen) atoms. The number of hydrogen-bond acceptors (Lipinski definition) is 3. The van der Waals surface area contributed by atoms with Gasteiger partial charge in [-0.15, -0.1) is 0 Å². The Hall–Kier alpha value is -2.80. The third kappa shape index (κ3) is 3.83. The Balaban J connectivity index is 1.77. The molecule has 0 unspecified atom stereocenters. The molecular weight excluding hydrogens is 355 g/mol. The summed E-state index contributed by atoms with van der Waals surface area (Å²) in [5, 5.41) is 7.42. The standard InChI is InChI=1S/C20H20F3N3O/c1-12(24-10-17-18(21)8-9-19(22)20(17)23)16-11-25-26(13(16)2)14-4-6-15(27-3)7-5-14/h4-9,11-12,24H,10H2,1-3H3/t12-/m0/s1. The van der Waals surface area contributed by atoms with Crippen LogP contribution in [-0.2, 0) is 6.54 Å². The van der Waals surface area contributed by atoms with Crippen LogP contribution in [0.15, 0.2) is 42.6 Å². The fourth-order valence-corrected chi connectivity index (χ4v) is 2.93. The smallest absolute Gasteiger partial charge is 0.166 e. The van der Waals surface area contributed by atoms with Gasteiger partial charge in [-0.2, -0.15) is 5.10 Å². The highest BCUT2D eigenvalue weighted by atomic mass is 19.2. The zero-order valence-corrected chi connectivity index (χ0v) is 15.3. The molecule has 142 valence electrons. The van der Waals surface area contributed by atoms with E-state index in [0.29, 0.717) is 0 Å². The van der Waals surface area contributed by atoms with E-state index in [-0.39, 0.29) is 18.2 Å². The Bertz CT molecular complexity index is 938. The van der Waals surface area contributed by atoms with Crippen molar-refractivity contribution in [2.24, 2.45) is 0 Å². The SMILES string of the molecule is COc1ccc(-n2ncc([C@H](C)NCc3c(F)ccc(F)c3F)c2C)cc1. The molecule has 0 saturated carbocycles. The second kappa shape index (κ2) is 7.84. The Morgan fingerprint density at radius 1 is 1.07 bits per heavy atom. The summed E-state index contributed by atoms with van der Waals surface area (Å²) in [6.45, 7) is 3.63. The maximum atomic E-state index is 13.8. The first-order valence-corrected chi connectivity index (χ1v) is 8.47. The van der Waals surface area contributed by atoms with Gasteiger partial charge in [-0.25, -0.2) is 17.9 Å². The third-order valence-electron chi connectivity index (χ3n) is 4.56. The number of hydrogen-bond donors (Lipinski definition) is 1. The van der Waals surface area contributed by atoms with E-state index in [4.69, 9.17) is 4.74 Å². The number of methoxy groups -OCH3 is 1. The van der Waals surface area contributed by atoms with E-state index in [1.54, 1.807) is 18.0 Å². The molecule has 0 bridgehead atoms. The molecule has 1 N–H and O–H groups in total. The maximum absolute atomic E-state index is 13.8. The van der Waals surface area contributed by atoms with Crippen LogP contribution in [0.2, 0.25) is 0 Å². The first-order chi connectivity index (χ1) is 12.9. The quantitative estimate of drug-likeness (QED) is 0.647. The molecule has 1 heterocycles. The van der Waals surface area contributed by atoms with Crippen molar-refractivity contribution in [3.63, 3.8) is 0 Å². The van der Waals surface area contributed by atoms with Crippen molar-refractivity contribution in [1.29, 1.82) is 0 Å². The molecule has 0 fully saturated rings. The van der Waals surface area contributed by atoms with Crippen molar-refractivity contribution in [2.45, 2.75) is 26.4 Å². The summed E-state index contributed by atoms with van der Waals surface area (Å²) in [6.07, 6.45) is 1.70. The van der Waals surface area contributed by atoms with Gasteiger partial charge < -0.3 is 10.1 Å². The van der Waals surface area contributed by atoms with E-state index in [1.165, 1.54) is 0 Å². The number of nitrogens with one attached hydrogen (secondary N) is 1. The van der Waals surface area contributed by atoms with Gasteiger partial charge in [0.15, 0.2) is 11.6 Å². The fraction of sp³-hybridized carbons (Fsp3) is 0.250. The molecule has 0 aliphatic carbocycles. The number of nitrogens with zero attached hydrogens (tertiary/aromatic N) is 2. The van der Waals surface area contributed by atoms with E-state index in [9.17, 15) is 13.2 Å². The third-order valence-corrected chi connectivity index (χ3v) is 4.56. The summed E-state index contributed by atoms with van der Waals surface area (Å²) in [5.74, 6) is -2.26. The van der Waals surface area contributed by atoms with Gasteiger partial charge in [0.1, 0.15) is 11.6 Å². The van der Waals surface area contributed by atoms with Gasteiger partial charge in [-0.1, -0.05) is 0 Å². The number of rotatable bonds is 6. The number of aromatic nitrogens is 2. The van der Waals surface area contributed by atoms with E-state index < -0.39 is 17.5 Å². The Morgan fingerprint density at radius 2 is 1.74 bits per heavy atom. The first-order valence-electron chi connectivity index (χ1n) is 8.47. The minimum absolute atomic E-state index is 0.135. The molecule has 1 atom stereocenters. The predicted molar refractivity (Wildman–Crippen MR) is 96.4 cm³/mol. The Morgan fingerprint density at radius 3 is 2.41 bits per heavy atom. The average Bonchev–Trinajstić information content (AvgIpc) is 3.06. The minimum Gasteiger partial charge on any atom is -0.497 e. The van der Waals surface area contributed by atoms with Crippen LogP contribution in [0.3, 0.4) is 0 Å². The number of ether oxygens (including phenoxy) is 1. The van der Waals surface area contributed by atoms with Crippen LogP contribution in [0.5, 0.6) is 5.75 Å². The number of halogens is 3. The summed E-state index contributed by atoms with van der Waals surface area (Å²) < 4.78 is 47.8. The van der Waals surface area contributed by atoms with Crippen molar-refractivity contribution in [3.8, 4) is 11.4 Å². The minimum atomic E-state index is -1.17. The Labute approximate surface area is 155 Å². The van der Waals surface area contributed by atoms with E-state index in [2.05, 4.69) is 10.4 Å². The van der Waals surface area contributed by atoms with Gasteiger partial charge in [-0.05, 0) is 50.2 Å². The summed E-state index contributed by atoms with van der Waals surface area (Å²) in [4.78, 5) is 0. The predicted octanol–water partition coefficient (Wildman–Crippen LogP) is 4.46. The molecule has 0 amide bonds. The second-order valence-corrected chi connectivity index (χ2v) is 6.22. The molecule has 0 saturated heterocycles. The molecule has 0 aliphatic heterocycles. The van der Waals surface area contributed by atoms with Gasteiger partial charge >= 0.3 is 0 Å². The lowest BCUT2D eigenvalue weighted by Crippen LogP contribution is -2.20. The molecule has 0 spiro atoms. The molecule has 3 rings (SSSR count). The van der Waals surface area contributed by atoms with Crippen molar-refractivity contribution in [2.75, 3.05) is 7.11 Å². The van der Waals surface area contributed by atoms with Gasteiger partial charge in [0.25, 0.3) is 0 Å². The lowest BCUT2D eigenvalue weighted by molar-refractivity contribution is 0.414. The zero-order valence-electron chi connectivity index (χ0n) is 15.3. The summed E-state index contributed by atoms with van der Waals surface area (Å²) in [7, 11) is 1.60. The lowest BCUT2D eigenvalue weighted by Gasteiger charge is -2.15. The summed E-state index contributed by atoms with van der Waals surface area (Å²) in [5.41, 5.74) is 2.32. The summed E-state index contributed by atoms with van der Waals surface area (Å²) in [6, 6.07) is 8.92. The zero-order chi connectivity index (χ0) is 19.6. The topological polar surface area (TPSA) is 39.1 Å². The maximum Gasteiger partial charge on any atom is 0.166 e. The van der Waals surface area contributed by atoms with E-state index in [1.807, 2.05) is 38.1 Å². The Kier molecular flexibility index (Phi) is 5.51. The van der Waals surface area contributed by atoms with Gasteiger partial charge in [0, 0.05) is 29.4 Å². The largest absolute Gasteiger partial charge is 0.497 e. The van der Waals surface area contributed by atoms with E-state index >= 15 is 0 Å². The molecule has 0 radical (unpaired) electrons. The highest BCUT2D eigenvalue weighted by Crippen LogP contribution is 2.23. The van der Waals surface area contributed by atoms with Crippen LogP contribution in [0, 0.1) is 24.4 Å². The second-order valence-electron chi connectivity index (χ2n) is 6.22. The van der Waals surface area contributed by atoms with Crippen LogP contribution in [0.1, 0.15) is 29.8 Å². The van der Waals surface area contributed by atoms with Gasteiger partial charge in [-0.3, -0.25) is 0 Å². The highest BCUT2D eigenvalue weighted by molar-refractivity contribution is 5.39. The van der Waals surface area contributed by atoms with Crippen LogP contribution in [-0.4, -0.2) is 16.9 Å². The molecule has 3 aromatic rings. The normalized spacial score (nSPS) is 12.2. The van der Waals surface area contributed by atoms with Crippen molar-refractivity contribution >= 4 is 0 Å². The monoisotopic (exact) mass is 375 g/mol. The van der Waals surface area contributed by atoms with E-state index in [0.717, 1.165) is 34.8 Å². The highest BCUT2D eigenvalue weighted by Gasteiger charge is 2.17. The van der Waals surface area contributed by atoms with Crippen molar-refractivity contribution in [1.82, 2.24) is 15.1 Å². The lowest BCUT2D eigenvalue weighted by atomic mass is 10.1. The molecule has 7 heteroatoms. The first kappa shape index (κ1) is 19.0. The van der Waals surface area contributed by atoms with Crippen LogP contribution in [0.25, 0.3) is 5.69 Å². The van der Waals surface area contributed by atoms with Gasteiger partial charge in [0.2, 0.25) is 0 Å². The van der Waals surface area contributed by atoms with Crippen molar-refractivity contribution < 1.29 is 17.9 Å². The van der Waals surface area contributed by atoms with Crippen LogP contribution >= 0.6 is 0 Å². The molecule has 0 aliphatic rings. The summed E-state index contributed by atoms with van der Waals surface area (Å²) >= 11 is 0. The molecule has 4 nitrogen and oxygen atoms in total. The van der Waals surface area contributed by atoms with Crippen LogP contribution in [0.4, 0.5) is 13.2 Å². The molecule has 1 aromatic heterocycles. The van der Waals surface area contributed by atoms with Gasteiger partial charge in [0.05, 0.1) is 19.0 Å². The number of benzene rings is 2. The fourth-order valence-electron chi connectivity index (χ4n) is 2.93. The molecular formula is C20H20F3N3O.